The molecule has 0 spiro atoms. The van der Waals surface area contributed by atoms with E-state index < -0.39 is 5.91 Å². The van der Waals surface area contributed by atoms with E-state index in [1.54, 1.807) is 12.1 Å². The molecular formula is C12H16ClN3O2. The van der Waals surface area contributed by atoms with Crippen molar-refractivity contribution in [2.45, 2.75) is 6.54 Å². The van der Waals surface area contributed by atoms with Gasteiger partial charge in [-0.15, -0.1) is 0 Å². The molecule has 1 aliphatic rings. The van der Waals surface area contributed by atoms with Crippen LogP contribution in [0.5, 0.6) is 0 Å². The normalized spacial score (nSPS) is 16.7. The zero-order valence-corrected chi connectivity index (χ0v) is 10.7. The lowest BCUT2D eigenvalue weighted by Gasteiger charge is -2.27. The largest absolute Gasteiger partial charge is 0.379 e. The number of carbonyl (C=O) groups is 1. The van der Waals surface area contributed by atoms with Crippen LogP contribution in [-0.2, 0) is 11.3 Å². The Morgan fingerprint density at radius 1 is 1.44 bits per heavy atom. The Kier molecular flexibility index (Phi) is 4.54. The van der Waals surface area contributed by atoms with Gasteiger partial charge in [0, 0.05) is 30.2 Å². The number of halogens is 1. The smallest absolute Gasteiger partial charge is 0.248 e. The van der Waals surface area contributed by atoms with Gasteiger partial charge in [-0.25, -0.2) is 5.01 Å². The number of amides is 1. The third kappa shape index (κ3) is 3.43. The fourth-order valence-corrected chi connectivity index (χ4v) is 2.01. The molecule has 1 aromatic carbocycles. The van der Waals surface area contributed by atoms with Crippen LogP contribution in [-0.4, -0.2) is 37.2 Å². The van der Waals surface area contributed by atoms with Crippen molar-refractivity contribution in [3.8, 4) is 0 Å². The van der Waals surface area contributed by atoms with Gasteiger partial charge in [0.2, 0.25) is 5.91 Å². The molecule has 1 aromatic rings. The molecule has 5 nitrogen and oxygen atoms in total. The van der Waals surface area contributed by atoms with Gasteiger partial charge in [0.05, 0.1) is 13.2 Å². The van der Waals surface area contributed by atoms with Crippen LogP contribution in [0.3, 0.4) is 0 Å². The Balaban J connectivity index is 1.94. The summed E-state index contributed by atoms with van der Waals surface area (Å²) in [5.74, 6) is -0.468. The lowest BCUT2D eigenvalue weighted by Crippen LogP contribution is -2.45. The maximum atomic E-state index is 11.0. The van der Waals surface area contributed by atoms with Crippen LogP contribution in [0.15, 0.2) is 18.2 Å². The summed E-state index contributed by atoms with van der Waals surface area (Å²) in [7, 11) is 0. The molecule has 0 aliphatic carbocycles. The van der Waals surface area contributed by atoms with Crippen molar-refractivity contribution in [2.75, 3.05) is 26.3 Å². The minimum absolute atomic E-state index is 0.426. The summed E-state index contributed by atoms with van der Waals surface area (Å²) in [4.78, 5) is 11.0. The van der Waals surface area contributed by atoms with Crippen molar-refractivity contribution in [2.24, 2.45) is 5.73 Å². The molecule has 98 valence electrons. The van der Waals surface area contributed by atoms with Crippen LogP contribution >= 0.6 is 11.6 Å². The highest BCUT2D eigenvalue weighted by Gasteiger charge is 2.11. The summed E-state index contributed by atoms with van der Waals surface area (Å²) < 4.78 is 5.26. The molecule has 1 amide bonds. The molecule has 0 radical (unpaired) electrons. The van der Waals surface area contributed by atoms with Crippen LogP contribution in [0.25, 0.3) is 0 Å². The predicted octanol–water partition coefficient (Wildman–Crippen LogP) is 0.776. The third-order valence-electron chi connectivity index (χ3n) is 2.84. The van der Waals surface area contributed by atoms with E-state index >= 15 is 0 Å². The zero-order chi connectivity index (χ0) is 13.0. The molecule has 2 rings (SSSR count). The van der Waals surface area contributed by atoms with Gasteiger partial charge in [-0.3, -0.25) is 10.2 Å². The monoisotopic (exact) mass is 269 g/mol. The van der Waals surface area contributed by atoms with Gasteiger partial charge in [0.25, 0.3) is 0 Å². The lowest BCUT2D eigenvalue weighted by atomic mass is 10.1. The number of rotatable bonds is 4. The van der Waals surface area contributed by atoms with E-state index in [-0.39, 0.29) is 0 Å². The molecule has 1 heterocycles. The summed E-state index contributed by atoms with van der Waals surface area (Å²) in [6.45, 7) is 3.81. The molecule has 0 aromatic heterocycles. The topological polar surface area (TPSA) is 67.6 Å². The van der Waals surface area contributed by atoms with Gasteiger partial charge < -0.3 is 10.5 Å². The molecular weight excluding hydrogens is 254 g/mol. The van der Waals surface area contributed by atoms with Gasteiger partial charge in [0.1, 0.15) is 0 Å². The van der Waals surface area contributed by atoms with Crippen LogP contribution < -0.4 is 11.2 Å². The molecule has 18 heavy (non-hydrogen) atoms. The molecule has 6 heteroatoms. The molecule has 1 fully saturated rings. The number of nitrogens with two attached hydrogens (primary N) is 1. The van der Waals surface area contributed by atoms with Gasteiger partial charge in [-0.1, -0.05) is 17.7 Å². The first-order valence-electron chi connectivity index (χ1n) is 5.81. The van der Waals surface area contributed by atoms with Crippen molar-refractivity contribution in [3.05, 3.63) is 34.3 Å². The summed E-state index contributed by atoms with van der Waals surface area (Å²) in [5.41, 5.74) is 9.83. The number of hydrazine groups is 1. The van der Waals surface area contributed by atoms with E-state index in [2.05, 4.69) is 10.4 Å². The van der Waals surface area contributed by atoms with E-state index in [4.69, 9.17) is 22.1 Å². The lowest BCUT2D eigenvalue weighted by molar-refractivity contribution is 0.0106. The average Bonchev–Trinajstić information content (AvgIpc) is 2.38. The maximum Gasteiger partial charge on any atom is 0.248 e. The van der Waals surface area contributed by atoms with Gasteiger partial charge in [-0.2, -0.15) is 0 Å². The molecule has 1 saturated heterocycles. The summed E-state index contributed by atoms with van der Waals surface area (Å²) in [6.07, 6.45) is 0. The number of hydrogen-bond donors (Lipinski definition) is 2. The van der Waals surface area contributed by atoms with E-state index in [1.165, 1.54) is 0 Å². The first-order chi connectivity index (χ1) is 8.66. The van der Waals surface area contributed by atoms with Crippen LogP contribution in [0.2, 0.25) is 5.02 Å². The summed E-state index contributed by atoms with van der Waals surface area (Å²) in [5, 5.41) is 2.65. The Labute approximate surface area is 111 Å². The SMILES string of the molecule is NC(=O)c1ccc(CNN2CCOCC2)c(Cl)c1. The van der Waals surface area contributed by atoms with Gasteiger partial charge in [-0.05, 0) is 17.7 Å². The van der Waals surface area contributed by atoms with Crippen molar-refractivity contribution in [1.82, 2.24) is 10.4 Å². The Morgan fingerprint density at radius 2 is 2.17 bits per heavy atom. The van der Waals surface area contributed by atoms with Crippen molar-refractivity contribution in [3.63, 3.8) is 0 Å². The molecule has 0 saturated carbocycles. The summed E-state index contributed by atoms with van der Waals surface area (Å²) in [6, 6.07) is 5.10. The molecule has 0 atom stereocenters. The Bertz CT molecular complexity index is 433. The standard InChI is InChI=1S/C12H16ClN3O2/c13-11-7-9(12(14)17)1-2-10(11)8-15-16-3-5-18-6-4-16/h1-2,7,15H,3-6,8H2,(H2,14,17). The Hall–Kier alpha value is -1.14. The maximum absolute atomic E-state index is 11.0. The fourth-order valence-electron chi connectivity index (χ4n) is 1.76. The minimum atomic E-state index is -0.468. The first-order valence-corrected chi connectivity index (χ1v) is 6.19. The quantitative estimate of drug-likeness (QED) is 0.848. The highest BCUT2D eigenvalue weighted by molar-refractivity contribution is 6.31. The van der Waals surface area contributed by atoms with Crippen molar-refractivity contribution >= 4 is 17.5 Å². The molecule has 0 bridgehead atoms. The minimum Gasteiger partial charge on any atom is -0.379 e. The number of nitrogens with zero attached hydrogens (tertiary/aromatic N) is 1. The second kappa shape index (κ2) is 6.15. The van der Waals surface area contributed by atoms with E-state index in [0.29, 0.717) is 17.1 Å². The number of morpholine rings is 1. The fraction of sp³-hybridized carbons (Fsp3) is 0.417. The number of primary amides is 1. The second-order valence-corrected chi connectivity index (χ2v) is 4.51. The molecule has 3 N–H and O–H groups in total. The predicted molar refractivity (Wildman–Crippen MR) is 69.2 cm³/mol. The average molecular weight is 270 g/mol. The van der Waals surface area contributed by atoms with E-state index in [1.807, 2.05) is 6.07 Å². The molecule has 0 unspecified atom stereocenters. The second-order valence-electron chi connectivity index (χ2n) is 4.10. The Morgan fingerprint density at radius 3 is 2.78 bits per heavy atom. The highest BCUT2D eigenvalue weighted by Crippen LogP contribution is 2.17. The number of benzene rings is 1. The van der Waals surface area contributed by atoms with Crippen molar-refractivity contribution < 1.29 is 9.53 Å². The molecule has 1 aliphatic heterocycles. The van der Waals surface area contributed by atoms with E-state index in [0.717, 1.165) is 31.9 Å². The van der Waals surface area contributed by atoms with Gasteiger partial charge in [0.15, 0.2) is 0 Å². The number of hydrogen-bond acceptors (Lipinski definition) is 4. The van der Waals surface area contributed by atoms with Crippen LogP contribution in [0.4, 0.5) is 0 Å². The van der Waals surface area contributed by atoms with Crippen molar-refractivity contribution in [1.29, 1.82) is 0 Å². The number of ether oxygens (including phenoxy) is 1. The van der Waals surface area contributed by atoms with Gasteiger partial charge >= 0.3 is 0 Å². The first kappa shape index (κ1) is 13.3. The number of nitrogens with one attached hydrogen (secondary N) is 1. The van der Waals surface area contributed by atoms with Crippen LogP contribution in [0.1, 0.15) is 15.9 Å². The highest BCUT2D eigenvalue weighted by atomic mass is 35.5. The van der Waals surface area contributed by atoms with E-state index in [9.17, 15) is 4.79 Å². The number of carbonyl (C=O) groups excluding carboxylic acids is 1. The zero-order valence-electron chi connectivity index (χ0n) is 9.99. The summed E-state index contributed by atoms with van der Waals surface area (Å²) >= 11 is 6.10. The third-order valence-corrected chi connectivity index (χ3v) is 3.19. The van der Waals surface area contributed by atoms with Crippen LogP contribution in [0, 0.1) is 0 Å².